The Kier molecular flexibility index (Phi) is 6.33. The lowest BCUT2D eigenvalue weighted by molar-refractivity contribution is -0.113. The molecule has 0 spiro atoms. The van der Waals surface area contributed by atoms with Crippen molar-refractivity contribution in [3.63, 3.8) is 0 Å². The number of imidazole rings is 1. The number of carbonyl (C=O) groups excluding carboxylic acids is 2. The summed E-state index contributed by atoms with van der Waals surface area (Å²) in [7, 11) is 1.85. The molecule has 1 aromatic heterocycles. The molecule has 28 heavy (non-hydrogen) atoms. The zero-order chi connectivity index (χ0) is 20.1. The summed E-state index contributed by atoms with van der Waals surface area (Å²) in [5, 5.41) is 6.23. The summed E-state index contributed by atoms with van der Waals surface area (Å²) in [6, 6.07) is 10.3. The maximum Gasteiger partial charge on any atom is 0.255 e. The topological polar surface area (TPSA) is 76.0 Å². The maximum atomic E-state index is 13.8. The smallest absolute Gasteiger partial charge is 0.255 e. The van der Waals surface area contributed by atoms with Crippen LogP contribution in [0, 0.1) is 5.82 Å². The number of rotatable bonds is 6. The predicted molar refractivity (Wildman–Crippen MR) is 108 cm³/mol. The second-order valence-electron chi connectivity index (χ2n) is 5.81. The fourth-order valence-corrected chi connectivity index (χ4v) is 3.20. The third kappa shape index (κ3) is 5.11. The number of aryl methyl sites for hydroxylation is 1. The minimum Gasteiger partial charge on any atom is -0.329 e. The van der Waals surface area contributed by atoms with E-state index in [1.807, 2.05) is 11.6 Å². The number of benzene rings is 2. The molecule has 0 saturated heterocycles. The minimum atomic E-state index is -0.616. The molecule has 3 rings (SSSR count). The van der Waals surface area contributed by atoms with E-state index in [2.05, 4.69) is 15.6 Å². The van der Waals surface area contributed by atoms with Crippen LogP contribution in [0.5, 0.6) is 0 Å². The van der Waals surface area contributed by atoms with Gasteiger partial charge < -0.3 is 15.2 Å². The van der Waals surface area contributed by atoms with Crippen LogP contribution in [0.25, 0.3) is 0 Å². The fraction of sp³-hybridized carbons (Fsp3) is 0.105. The van der Waals surface area contributed by atoms with Gasteiger partial charge in [-0.05, 0) is 42.5 Å². The summed E-state index contributed by atoms with van der Waals surface area (Å²) in [4.78, 5) is 28.4. The number of anilines is 2. The molecular weight excluding hydrogens is 403 g/mol. The van der Waals surface area contributed by atoms with Gasteiger partial charge in [0.2, 0.25) is 5.91 Å². The molecule has 0 atom stereocenters. The van der Waals surface area contributed by atoms with Crippen LogP contribution in [0.15, 0.2) is 60.0 Å². The number of nitrogens with zero attached hydrogens (tertiary/aromatic N) is 2. The lowest BCUT2D eigenvalue weighted by Crippen LogP contribution is -2.15. The molecule has 1 heterocycles. The lowest BCUT2D eigenvalue weighted by atomic mass is 10.2. The summed E-state index contributed by atoms with van der Waals surface area (Å²) in [5.41, 5.74) is 0.924. The van der Waals surface area contributed by atoms with E-state index in [-0.39, 0.29) is 22.4 Å². The van der Waals surface area contributed by atoms with Crippen LogP contribution in [0.3, 0.4) is 0 Å². The molecule has 2 aromatic carbocycles. The van der Waals surface area contributed by atoms with Gasteiger partial charge in [-0.15, -0.1) is 0 Å². The van der Waals surface area contributed by atoms with Crippen molar-refractivity contribution in [1.29, 1.82) is 0 Å². The van der Waals surface area contributed by atoms with E-state index in [0.717, 1.165) is 11.2 Å². The van der Waals surface area contributed by atoms with Gasteiger partial charge in [0.25, 0.3) is 5.91 Å². The van der Waals surface area contributed by atoms with Crippen molar-refractivity contribution < 1.29 is 14.0 Å². The molecule has 0 radical (unpaired) electrons. The van der Waals surface area contributed by atoms with E-state index >= 15 is 0 Å². The van der Waals surface area contributed by atoms with E-state index < -0.39 is 11.7 Å². The molecule has 0 saturated carbocycles. The van der Waals surface area contributed by atoms with Crippen LogP contribution in [-0.2, 0) is 11.8 Å². The average Bonchev–Trinajstić information content (AvgIpc) is 3.08. The van der Waals surface area contributed by atoms with E-state index in [9.17, 15) is 14.0 Å². The first-order valence-electron chi connectivity index (χ1n) is 8.19. The van der Waals surface area contributed by atoms with Gasteiger partial charge in [-0.3, -0.25) is 9.59 Å². The normalized spacial score (nSPS) is 10.5. The number of aromatic nitrogens is 2. The van der Waals surface area contributed by atoms with Gasteiger partial charge in [-0.2, -0.15) is 0 Å². The second kappa shape index (κ2) is 8.90. The van der Waals surface area contributed by atoms with Crippen LogP contribution in [0.1, 0.15) is 10.4 Å². The van der Waals surface area contributed by atoms with E-state index in [1.54, 1.807) is 36.7 Å². The van der Waals surface area contributed by atoms with Gasteiger partial charge in [0, 0.05) is 35.7 Å². The average molecular weight is 419 g/mol. The monoisotopic (exact) mass is 418 g/mol. The van der Waals surface area contributed by atoms with Gasteiger partial charge in [0.1, 0.15) is 5.82 Å². The zero-order valence-electron chi connectivity index (χ0n) is 14.8. The Morgan fingerprint density at radius 1 is 1.18 bits per heavy atom. The number of hydrogen-bond acceptors (Lipinski definition) is 4. The Bertz CT molecular complexity index is 1010. The molecule has 0 bridgehead atoms. The van der Waals surface area contributed by atoms with Crippen LogP contribution >= 0.6 is 23.4 Å². The summed E-state index contributed by atoms with van der Waals surface area (Å²) in [5.74, 6) is -1.06. The number of amides is 2. The number of hydrogen-bond donors (Lipinski definition) is 2. The zero-order valence-corrected chi connectivity index (χ0v) is 16.4. The van der Waals surface area contributed by atoms with Crippen LogP contribution in [-0.4, -0.2) is 27.1 Å². The molecule has 2 N–H and O–H groups in total. The SMILES string of the molecule is Cn1ccnc1SCC(=O)Nc1ccc(C(=O)Nc2ccc(Cl)cc2F)cc1. The third-order valence-electron chi connectivity index (χ3n) is 3.72. The number of carbonyl (C=O) groups is 2. The lowest BCUT2D eigenvalue weighted by Gasteiger charge is -2.08. The van der Waals surface area contributed by atoms with E-state index in [4.69, 9.17) is 11.6 Å². The molecule has 2 amide bonds. The highest BCUT2D eigenvalue weighted by Gasteiger charge is 2.11. The Morgan fingerprint density at radius 3 is 2.57 bits per heavy atom. The van der Waals surface area contributed by atoms with Gasteiger partial charge >= 0.3 is 0 Å². The maximum absolute atomic E-state index is 13.8. The van der Waals surface area contributed by atoms with Crippen molar-refractivity contribution in [2.24, 2.45) is 7.05 Å². The van der Waals surface area contributed by atoms with Gasteiger partial charge in [0.15, 0.2) is 5.16 Å². The first kappa shape index (κ1) is 19.9. The van der Waals surface area contributed by atoms with Gasteiger partial charge in [-0.25, -0.2) is 9.37 Å². The molecular formula is C19H16ClFN4O2S. The standard InChI is InChI=1S/C19H16ClFN4O2S/c1-25-9-8-22-19(25)28-11-17(26)23-14-5-2-12(3-6-14)18(27)24-16-7-4-13(20)10-15(16)21/h2-10H,11H2,1H3,(H,23,26)(H,24,27). The largest absolute Gasteiger partial charge is 0.329 e. The van der Waals surface area contributed by atoms with Gasteiger partial charge in [-0.1, -0.05) is 23.4 Å². The summed E-state index contributed by atoms with van der Waals surface area (Å²) >= 11 is 7.02. The highest BCUT2D eigenvalue weighted by atomic mass is 35.5. The third-order valence-corrected chi connectivity index (χ3v) is 5.01. The molecule has 3 aromatic rings. The summed E-state index contributed by atoms with van der Waals surface area (Å²) in [6.45, 7) is 0. The van der Waals surface area contributed by atoms with E-state index in [1.165, 1.54) is 23.9 Å². The first-order valence-corrected chi connectivity index (χ1v) is 9.55. The predicted octanol–water partition coefficient (Wildman–Crippen LogP) is 4.20. The number of thioether (sulfide) groups is 1. The van der Waals surface area contributed by atoms with E-state index in [0.29, 0.717) is 11.3 Å². The summed E-state index contributed by atoms with van der Waals surface area (Å²) < 4.78 is 15.6. The highest BCUT2D eigenvalue weighted by Crippen LogP contribution is 2.20. The second-order valence-corrected chi connectivity index (χ2v) is 7.19. The quantitative estimate of drug-likeness (QED) is 0.588. The van der Waals surface area contributed by atoms with Crippen molar-refractivity contribution in [2.45, 2.75) is 5.16 Å². The summed E-state index contributed by atoms with van der Waals surface area (Å²) in [6.07, 6.45) is 3.47. The Hall–Kier alpha value is -2.84. The molecule has 0 fully saturated rings. The van der Waals surface area contributed by atoms with Crippen LogP contribution in [0.2, 0.25) is 5.02 Å². The van der Waals surface area contributed by atoms with Crippen LogP contribution in [0.4, 0.5) is 15.8 Å². The Labute approximate surface area is 170 Å². The molecule has 144 valence electrons. The fourth-order valence-electron chi connectivity index (χ4n) is 2.31. The molecule has 9 heteroatoms. The number of halogens is 2. The molecule has 0 aliphatic rings. The highest BCUT2D eigenvalue weighted by molar-refractivity contribution is 7.99. The Morgan fingerprint density at radius 2 is 1.93 bits per heavy atom. The number of nitrogens with one attached hydrogen (secondary N) is 2. The van der Waals surface area contributed by atoms with Crippen molar-refractivity contribution in [3.8, 4) is 0 Å². The van der Waals surface area contributed by atoms with Gasteiger partial charge in [0.05, 0.1) is 11.4 Å². The molecule has 0 aliphatic heterocycles. The van der Waals surface area contributed by atoms with Crippen molar-refractivity contribution in [1.82, 2.24) is 9.55 Å². The minimum absolute atomic E-state index is 0.0399. The van der Waals surface area contributed by atoms with Crippen molar-refractivity contribution in [2.75, 3.05) is 16.4 Å². The first-order chi connectivity index (χ1) is 13.4. The molecule has 0 unspecified atom stereocenters. The van der Waals surface area contributed by atoms with Crippen LogP contribution < -0.4 is 10.6 Å². The Balaban J connectivity index is 1.56. The van der Waals surface area contributed by atoms with Crippen molar-refractivity contribution >= 4 is 46.6 Å². The van der Waals surface area contributed by atoms with Crippen molar-refractivity contribution in [3.05, 3.63) is 71.3 Å². The molecule has 6 nitrogen and oxygen atoms in total. The molecule has 0 aliphatic carbocycles.